The molecule has 0 saturated carbocycles. The van der Waals surface area contributed by atoms with Gasteiger partial charge in [0.1, 0.15) is 0 Å². The molecular formula is C11H22N2OS. The van der Waals surface area contributed by atoms with Crippen molar-refractivity contribution >= 4 is 23.1 Å². The number of nitrogens with one attached hydrogen (secondary N) is 1. The second-order valence-corrected chi connectivity index (χ2v) is 4.25. The Kier molecular flexibility index (Phi) is 9.48. The summed E-state index contributed by atoms with van der Waals surface area (Å²) in [6.45, 7) is 2.85. The van der Waals surface area contributed by atoms with Gasteiger partial charge in [-0.15, -0.1) is 0 Å². The van der Waals surface area contributed by atoms with Crippen LogP contribution >= 0.6 is 12.2 Å². The quantitative estimate of drug-likeness (QED) is 0.471. The van der Waals surface area contributed by atoms with E-state index in [-0.39, 0.29) is 5.91 Å². The molecule has 88 valence electrons. The van der Waals surface area contributed by atoms with E-state index in [0.29, 0.717) is 24.4 Å². The van der Waals surface area contributed by atoms with E-state index < -0.39 is 0 Å². The molecule has 15 heavy (non-hydrogen) atoms. The summed E-state index contributed by atoms with van der Waals surface area (Å²) < 4.78 is 0. The number of carbonyl (C=O) groups is 1. The number of hydrogen-bond donors (Lipinski definition) is 2. The van der Waals surface area contributed by atoms with Crippen LogP contribution in [-0.4, -0.2) is 17.4 Å². The fourth-order valence-electron chi connectivity index (χ4n) is 1.29. The zero-order valence-electron chi connectivity index (χ0n) is 9.55. The lowest BCUT2D eigenvalue weighted by Crippen LogP contribution is -2.24. The van der Waals surface area contributed by atoms with Crippen molar-refractivity contribution in [3.05, 3.63) is 0 Å². The molecule has 0 aliphatic carbocycles. The van der Waals surface area contributed by atoms with Crippen LogP contribution in [0.15, 0.2) is 0 Å². The van der Waals surface area contributed by atoms with E-state index in [1.165, 1.54) is 12.8 Å². The molecule has 3 nitrogen and oxygen atoms in total. The van der Waals surface area contributed by atoms with Gasteiger partial charge < -0.3 is 11.1 Å². The van der Waals surface area contributed by atoms with Gasteiger partial charge in [-0.25, -0.2) is 0 Å². The Morgan fingerprint density at radius 3 is 2.53 bits per heavy atom. The maximum Gasteiger partial charge on any atom is 0.219 e. The molecule has 0 radical (unpaired) electrons. The lowest BCUT2D eigenvalue weighted by atomic mass is 10.1. The minimum absolute atomic E-state index is 0.147. The number of carbonyl (C=O) groups excluding carboxylic acids is 1. The summed E-state index contributed by atoms with van der Waals surface area (Å²) in [5.74, 6) is 0.147. The first kappa shape index (κ1) is 14.4. The Balaban J connectivity index is 3.22. The van der Waals surface area contributed by atoms with E-state index in [2.05, 4.69) is 12.2 Å². The Labute approximate surface area is 97.8 Å². The number of unbranched alkanes of at least 4 members (excludes halogenated alkanes) is 3. The van der Waals surface area contributed by atoms with Gasteiger partial charge in [-0.3, -0.25) is 4.79 Å². The van der Waals surface area contributed by atoms with E-state index >= 15 is 0 Å². The normalized spacial score (nSPS) is 9.93. The van der Waals surface area contributed by atoms with E-state index in [1.54, 1.807) is 0 Å². The number of thiocarbonyl (C=S) groups is 1. The smallest absolute Gasteiger partial charge is 0.219 e. The molecule has 4 heteroatoms. The van der Waals surface area contributed by atoms with Crippen molar-refractivity contribution in [3.8, 4) is 0 Å². The third-order valence-corrected chi connectivity index (χ3v) is 2.38. The van der Waals surface area contributed by atoms with Gasteiger partial charge in [0.05, 0.1) is 4.99 Å². The van der Waals surface area contributed by atoms with E-state index in [1.807, 2.05) is 0 Å². The summed E-state index contributed by atoms with van der Waals surface area (Å²) in [5, 5.41) is 2.86. The number of rotatable bonds is 9. The van der Waals surface area contributed by atoms with Crippen LogP contribution in [0.25, 0.3) is 0 Å². The van der Waals surface area contributed by atoms with Crippen molar-refractivity contribution < 1.29 is 4.79 Å². The first-order valence-corrected chi connectivity index (χ1v) is 6.12. The summed E-state index contributed by atoms with van der Waals surface area (Å²) in [5.41, 5.74) is 5.34. The van der Waals surface area contributed by atoms with Crippen molar-refractivity contribution in [1.29, 1.82) is 0 Å². The summed E-state index contributed by atoms with van der Waals surface area (Å²) >= 11 is 4.74. The third-order valence-electron chi connectivity index (χ3n) is 2.18. The third kappa shape index (κ3) is 11.3. The average molecular weight is 230 g/mol. The van der Waals surface area contributed by atoms with E-state index in [9.17, 15) is 4.79 Å². The average Bonchev–Trinajstić information content (AvgIpc) is 2.19. The minimum atomic E-state index is 0.147. The molecule has 0 bridgehead atoms. The predicted molar refractivity (Wildman–Crippen MR) is 67.8 cm³/mol. The summed E-state index contributed by atoms with van der Waals surface area (Å²) in [4.78, 5) is 11.8. The molecule has 0 fully saturated rings. The van der Waals surface area contributed by atoms with Crippen molar-refractivity contribution in [2.45, 2.75) is 51.9 Å². The Bertz CT molecular complexity index is 195. The highest BCUT2D eigenvalue weighted by atomic mass is 32.1. The minimum Gasteiger partial charge on any atom is -0.393 e. The summed E-state index contributed by atoms with van der Waals surface area (Å²) in [6.07, 6.45) is 6.77. The van der Waals surface area contributed by atoms with Crippen molar-refractivity contribution in [3.63, 3.8) is 0 Å². The van der Waals surface area contributed by atoms with Gasteiger partial charge in [-0.05, 0) is 19.3 Å². The van der Waals surface area contributed by atoms with Crippen LogP contribution in [0.2, 0.25) is 0 Å². The molecule has 0 heterocycles. The molecule has 0 spiro atoms. The lowest BCUT2D eigenvalue weighted by molar-refractivity contribution is -0.121. The van der Waals surface area contributed by atoms with Crippen LogP contribution in [0, 0.1) is 0 Å². The molecule has 0 aromatic heterocycles. The summed E-state index contributed by atoms with van der Waals surface area (Å²) in [7, 11) is 0. The molecule has 0 aliphatic rings. The molecule has 0 aromatic carbocycles. The molecule has 0 atom stereocenters. The van der Waals surface area contributed by atoms with Crippen LogP contribution < -0.4 is 11.1 Å². The topological polar surface area (TPSA) is 55.1 Å². The van der Waals surface area contributed by atoms with Crippen LogP contribution in [0.5, 0.6) is 0 Å². The lowest BCUT2D eigenvalue weighted by Gasteiger charge is -2.04. The van der Waals surface area contributed by atoms with E-state index in [4.69, 9.17) is 18.0 Å². The fourth-order valence-corrected chi connectivity index (χ4v) is 1.44. The number of nitrogens with two attached hydrogens (primary N) is 1. The highest BCUT2D eigenvalue weighted by Gasteiger charge is 1.99. The van der Waals surface area contributed by atoms with Crippen molar-refractivity contribution in [2.24, 2.45) is 5.73 Å². The van der Waals surface area contributed by atoms with Crippen molar-refractivity contribution in [1.82, 2.24) is 5.32 Å². The molecule has 0 saturated heterocycles. The molecule has 3 N–H and O–H groups in total. The Hall–Kier alpha value is -0.640. The monoisotopic (exact) mass is 230 g/mol. The van der Waals surface area contributed by atoms with Crippen molar-refractivity contribution in [2.75, 3.05) is 6.54 Å². The van der Waals surface area contributed by atoms with Gasteiger partial charge in [0.2, 0.25) is 5.91 Å². The van der Waals surface area contributed by atoms with Crippen LogP contribution in [0.1, 0.15) is 51.9 Å². The predicted octanol–water partition coefficient (Wildman–Crippen LogP) is 2.14. The summed E-state index contributed by atoms with van der Waals surface area (Å²) in [6, 6.07) is 0. The van der Waals surface area contributed by atoms with Gasteiger partial charge in [-0.2, -0.15) is 0 Å². The second-order valence-electron chi connectivity index (χ2n) is 3.73. The molecule has 0 aliphatic heterocycles. The van der Waals surface area contributed by atoms with Gasteiger partial charge in [0, 0.05) is 13.0 Å². The maximum atomic E-state index is 11.3. The van der Waals surface area contributed by atoms with Crippen LogP contribution in [0.3, 0.4) is 0 Å². The van der Waals surface area contributed by atoms with Gasteiger partial charge in [0.25, 0.3) is 0 Å². The highest BCUT2D eigenvalue weighted by molar-refractivity contribution is 7.80. The largest absolute Gasteiger partial charge is 0.393 e. The molecule has 0 unspecified atom stereocenters. The van der Waals surface area contributed by atoms with Gasteiger partial charge in [0.15, 0.2) is 0 Å². The first-order valence-electron chi connectivity index (χ1n) is 5.71. The SMILES string of the molecule is CCCCCCC(=O)NCCCC(N)=S. The van der Waals surface area contributed by atoms with Crippen LogP contribution in [0.4, 0.5) is 0 Å². The molecule has 0 aromatic rings. The molecule has 0 rings (SSSR count). The molecule has 1 amide bonds. The zero-order valence-corrected chi connectivity index (χ0v) is 10.4. The van der Waals surface area contributed by atoms with Gasteiger partial charge >= 0.3 is 0 Å². The number of amides is 1. The second kappa shape index (κ2) is 9.90. The Morgan fingerprint density at radius 2 is 1.93 bits per heavy atom. The Morgan fingerprint density at radius 1 is 1.20 bits per heavy atom. The maximum absolute atomic E-state index is 11.3. The fraction of sp³-hybridized carbons (Fsp3) is 0.818. The highest BCUT2D eigenvalue weighted by Crippen LogP contribution is 2.01. The van der Waals surface area contributed by atoms with Gasteiger partial charge in [-0.1, -0.05) is 38.4 Å². The van der Waals surface area contributed by atoms with Crippen LogP contribution in [-0.2, 0) is 4.79 Å². The first-order chi connectivity index (χ1) is 7.16. The number of hydrogen-bond acceptors (Lipinski definition) is 2. The zero-order chi connectivity index (χ0) is 11.5. The van der Waals surface area contributed by atoms with E-state index in [0.717, 1.165) is 19.3 Å². The standard InChI is InChI=1S/C11H22N2OS/c1-2-3-4-5-8-11(14)13-9-6-7-10(12)15/h2-9H2,1H3,(H2,12,15)(H,13,14). The molecular weight excluding hydrogens is 208 g/mol.